The topological polar surface area (TPSA) is 17.1 Å². The van der Waals surface area contributed by atoms with Crippen LogP contribution < -0.4 is 0 Å². The smallest absolute Gasteiger partial charge is 0.225 e. The molecule has 1 heteroatoms. The van der Waals surface area contributed by atoms with Crippen LogP contribution in [0.1, 0.15) is 12.8 Å². The van der Waals surface area contributed by atoms with Crippen LogP contribution >= 0.6 is 0 Å². The minimum atomic E-state index is 1.08. The Labute approximate surface area is 60.7 Å². The summed E-state index contributed by atoms with van der Waals surface area (Å²) >= 11 is 0. The highest BCUT2D eigenvalue weighted by molar-refractivity contribution is 5.67. The van der Waals surface area contributed by atoms with E-state index in [1.54, 1.807) is 12.4 Å². The number of allylic oxidation sites excluding steroid dienone is 6. The van der Waals surface area contributed by atoms with Crippen molar-refractivity contribution in [2.45, 2.75) is 12.8 Å². The lowest BCUT2D eigenvalue weighted by Crippen LogP contribution is -1.79. The summed E-state index contributed by atoms with van der Waals surface area (Å²) in [6.07, 6.45) is 13.3. The molecule has 0 atom stereocenters. The van der Waals surface area contributed by atoms with Gasteiger partial charge in [0.25, 0.3) is 0 Å². The van der Waals surface area contributed by atoms with E-state index >= 15 is 0 Å². The maximum absolute atomic E-state index is 9.78. The van der Waals surface area contributed by atoms with Gasteiger partial charge in [-0.1, -0.05) is 24.3 Å². The average Bonchev–Trinajstić information content (AvgIpc) is 2.03. The maximum Gasteiger partial charge on any atom is 0.225 e. The van der Waals surface area contributed by atoms with Crippen molar-refractivity contribution < 1.29 is 4.79 Å². The second-order valence-corrected chi connectivity index (χ2v) is 2.14. The summed E-state index contributed by atoms with van der Waals surface area (Å²) in [6, 6.07) is 0. The van der Waals surface area contributed by atoms with Crippen LogP contribution in [0, 0.1) is 0 Å². The molecule has 1 radical (unpaired) electrons. The van der Waals surface area contributed by atoms with Gasteiger partial charge in [-0.2, -0.15) is 0 Å². The Morgan fingerprint density at radius 2 is 2.40 bits per heavy atom. The number of hydrogen-bond acceptors (Lipinski definition) is 1. The summed E-state index contributed by atoms with van der Waals surface area (Å²) in [6.45, 7) is 0. The molecule has 1 nitrogen and oxygen atoms in total. The molecule has 0 spiro atoms. The lowest BCUT2D eigenvalue weighted by molar-refractivity contribution is 0.564. The molecule has 0 aromatic heterocycles. The van der Waals surface area contributed by atoms with Gasteiger partial charge in [-0.15, -0.1) is 0 Å². The van der Waals surface area contributed by atoms with Gasteiger partial charge in [0, 0.05) is 0 Å². The highest BCUT2D eigenvalue weighted by Gasteiger charge is 1.90. The van der Waals surface area contributed by atoms with Crippen LogP contribution in [0.2, 0.25) is 0 Å². The van der Waals surface area contributed by atoms with Crippen LogP contribution in [-0.2, 0) is 4.79 Å². The fourth-order valence-electron chi connectivity index (χ4n) is 0.888. The minimum Gasteiger partial charge on any atom is -0.286 e. The summed E-state index contributed by atoms with van der Waals surface area (Å²) in [4.78, 5) is 9.78. The van der Waals surface area contributed by atoms with Crippen LogP contribution in [-0.4, -0.2) is 6.29 Å². The van der Waals surface area contributed by atoms with Gasteiger partial charge in [-0.25, -0.2) is 0 Å². The average molecular weight is 133 g/mol. The lowest BCUT2D eigenvalue weighted by Gasteiger charge is -1.98. The number of rotatable bonds is 2. The molecular weight excluding hydrogens is 124 g/mol. The summed E-state index contributed by atoms with van der Waals surface area (Å²) in [7, 11) is 0. The van der Waals surface area contributed by atoms with E-state index in [1.807, 2.05) is 6.08 Å². The molecule has 0 aromatic rings. The monoisotopic (exact) mass is 133 g/mol. The Morgan fingerprint density at radius 3 is 3.00 bits per heavy atom. The van der Waals surface area contributed by atoms with Crippen molar-refractivity contribution in [2.24, 2.45) is 0 Å². The molecule has 0 bridgehead atoms. The van der Waals surface area contributed by atoms with Gasteiger partial charge in [0.1, 0.15) is 0 Å². The van der Waals surface area contributed by atoms with Crippen molar-refractivity contribution >= 4 is 6.29 Å². The van der Waals surface area contributed by atoms with Crippen molar-refractivity contribution in [2.75, 3.05) is 0 Å². The van der Waals surface area contributed by atoms with Crippen molar-refractivity contribution in [3.63, 3.8) is 0 Å². The SMILES string of the molecule is O=[C]/C=C/C1=CCCC=C1. The van der Waals surface area contributed by atoms with Crippen LogP contribution in [0.5, 0.6) is 0 Å². The molecule has 0 saturated heterocycles. The molecule has 0 amide bonds. The third-order valence-electron chi connectivity index (χ3n) is 1.37. The maximum atomic E-state index is 9.78. The van der Waals surface area contributed by atoms with Gasteiger partial charge >= 0.3 is 0 Å². The first-order valence-electron chi connectivity index (χ1n) is 3.34. The summed E-state index contributed by atoms with van der Waals surface area (Å²) in [5.41, 5.74) is 1.11. The quantitative estimate of drug-likeness (QED) is 0.526. The van der Waals surface area contributed by atoms with Gasteiger partial charge in [-0.3, -0.25) is 4.79 Å². The zero-order valence-electron chi connectivity index (χ0n) is 5.71. The summed E-state index contributed by atoms with van der Waals surface area (Å²) in [5.74, 6) is 0. The molecule has 1 aliphatic rings. The standard InChI is InChI=1S/C9H9O/c10-8-4-7-9-5-2-1-3-6-9/h2,4-7H,1,3H2/b7-4+. The van der Waals surface area contributed by atoms with Crippen molar-refractivity contribution in [3.05, 3.63) is 36.0 Å². The second-order valence-electron chi connectivity index (χ2n) is 2.14. The zero-order valence-corrected chi connectivity index (χ0v) is 5.71. The van der Waals surface area contributed by atoms with E-state index in [0.29, 0.717) is 0 Å². The van der Waals surface area contributed by atoms with Crippen molar-refractivity contribution in [1.82, 2.24) is 0 Å². The predicted octanol–water partition coefficient (Wildman–Crippen LogP) is 1.93. The zero-order chi connectivity index (χ0) is 7.23. The highest BCUT2D eigenvalue weighted by Crippen LogP contribution is 2.09. The lowest BCUT2D eigenvalue weighted by atomic mass is 10.1. The van der Waals surface area contributed by atoms with Gasteiger partial charge in [0.05, 0.1) is 0 Å². The molecule has 0 aromatic carbocycles. The van der Waals surface area contributed by atoms with E-state index in [1.165, 1.54) is 6.08 Å². The molecule has 0 saturated carbocycles. The van der Waals surface area contributed by atoms with E-state index in [-0.39, 0.29) is 0 Å². The predicted molar refractivity (Wildman–Crippen MR) is 41.3 cm³/mol. The minimum absolute atomic E-state index is 1.08. The molecule has 1 aliphatic carbocycles. The van der Waals surface area contributed by atoms with Gasteiger partial charge < -0.3 is 0 Å². The van der Waals surface area contributed by atoms with E-state index in [2.05, 4.69) is 12.2 Å². The first kappa shape index (κ1) is 7.00. The first-order chi connectivity index (χ1) is 4.93. The van der Waals surface area contributed by atoms with Crippen molar-refractivity contribution in [1.29, 1.82) is 0 Å². The molecule has 1 rings (SSSR count). The normalized spacial score (nSPS) is 17.4. The Balaban J connectivity index is 2.55. The molecular formula is C9H9O. The largest absolute Gasteiger partial charge is 0.286 e. The molecule has 10 heavy (non-hydrogen) atoms. The molecule has 0 heterocycles. The van der Waals surface area contributed by atoms with E-state index in [4.69, 9.17) is 0 Å². The fraction of sp³-hybridized carbons (Fsp3) is 0.222. The fourth-order valence-corrected chi connectivity index (χ4v) is 0.888. The molecule has 0 unspecified atom stereocenters. The number of hydrogen-bond donors (Lipinski definition) is 0. The van der Waals surface area contributed by atoms with Crippen LogP contribution in [0.15, 0.2) is 36.0 Å². The first-order valence-corrected chi connectivity index (χ1v) is 3.34. The van der Waals surface area contributed by atoms with Gasteiger partial charge in [-0.05, 0) is 24.5 Å². The van der Waals surface area contributed by atoms with Crippen molar-refractivity contribution in [3.8, 4) is 0 Å². The summed E-state index contributed by atoms with van der Waals surface area (Å²) < 4.78 is 0. The Morgan fingerprint density at radius 1 is 1.50 bits per heavy atom. The van der Waals surface area contributed by atoms with Crippen LogP contribution in [0.3, 0.4) is 0 Å². The van der Waals surface area contributed by atoms with Gasteiger partial charge in [0.2, 0.25) is 6.29 Å². The number of carbonyl (C=O) groups excluding carboxylic acids is 1. The van der Waals surface area contributed by atoms with E-state index in [9.17, 15) is 4.79 Å². The van der Waals surface area contributed by atoms with Gasteiger partial charge in [0.15, 0.2) is 0 Å². The molecule has 0 fully saturated rings. The Kier molecular flexibility index (Phi) is 2.68. The van der Waals surface area contributed by atoms with Crippen LogP contribution in [0.4, 0.5) is 0 Å². The second kappa shape index (κ2) is 3.83. The Bertz CT molecular complexity index is 197. The van der Waals surface area contributed by atoms with E-state index < -0.39 is 0 Å². The molecule has 0 aliphatic heterocycles. The third kappa shape index (κ3) is 2.02. The van der Waals surface area contributed by atoms with E-state index in [0.717, 1.165) is 18.4 Å². The molecule has 51 valence electrons. The highest BCUT2D eigenvalue weighted by atomic mass is 16.1. The Hall–Kier alpha value is -1.11. The van der Waals surface area contributed by atoms with Crippen LogP contribution in [0.25, 0.3) is 0 Å². The molecule has 0 N–H and O–H groups in total. The summed E-state index contributed by atoms with van der Waals surface area (Å²) in [5, 5.41) is 0. The third-order valence-corrected chi connectivity index (χ3v) is 1.37.